The van der Waals surface area contributed by atoms with Crippen LogP contribution in [0.25, 0.3) is 0 Å². The molecule has 3 nitrogen and oxygen atoms in total. The van der Waals surface area contributed by atoms with Crippen molar-refractivity contribution in [2.45, 2.75) is 25.7 Å². The first-order chi connectivity index (χ1) is 9.63. The van der Waals surface area contributed by atoms with Crippen molar-refractivity contribution in [3.05, 3.63) is 57.1 Å². The van der Waals surface area contributed by atoms with Crippen LogP contribution in [0.5, 0.6) is 0 Å². The molecular formula is C15H12Cl2N2O. The highest BCUT2D eigenvalue weighted by molar-refractivity contribution is 6.35. The Hall–Kier alpha value is -1.45. The molecule has 1 aromatic carbocycles. The third-order valence-electron chi connectivity index (χ3n) is 3.40. The first kappa shape index (κ1) is 13.5. The van der Waals surface area contributed by atoms with E-state index >= 15 is 0 Å². The number of ketones is 1. The summed E-state index contributed by atoms with van der Waals surface area (Å²) in [6.07, 6.45) is 4.48. The van der Waals surface area contributed by atoms with Gasteiger partial charge in [0.2, 0.25) is 0 Å². The second kappa shape index (κ2) is 5.51. The zero-order valence-corrected chi connectivity index (χ0v) is 12.2. The van der Waals surface area contributed by atoms with Crippen molar-refractivity contribution in [1.82, 2.24) is 9.97 Å². The lowest BCUT2D eigenvalue weighted by molar-refractivity contribution is 0.0971. The lowest BCUT2D eigenvalue weighted by Gasteiger charge is -2.14. The van der Waals surface area contributed by atoms with Crippen LogP contribution in [-0.2, 0) is 12.8 Å². The molecule has 0 atom stereocenters. The molecule has 1 aromatic heterocycles. The van der Waals surface area contributed by atoms with Crippen molar-refractivity contribution in [2.75, 3.05) is 0 Å². The second-order valence-corrected chi connectivity index (χ2v) is 5.68. The van der Waals surface area contributed by atoms with E-state index in [0.717, 1.165) is 24.1 Å². The monoisotopic (exact) mass is 306 g/mol. The van der Waals surface area contributed by atoms with Crippen molar-refractivity contribution in [1.29, 1.82) is 0 Å². The molecule has 0 spiro atoms. The largest absolute Gasteiger partial charge is 0.294 e. The Morgan fingerprint density at radius 1 is 1.20 bits per heavy atom. The Bertz CT molecular complexity index is 686. The maximum absolute atomic E-state index is 11.7. The maximum atomic E-state index is 11.7. The molecule has 102 valence electrons. The molecular weight excluding hydrogens is 295 g/mol. The van der Waals surface area contributed by atoms with Gasteiger partial charge in [-0.3, -0.25) is 4.79 Å². The van der Waals surface area contributed by atoms with Gasteiger partial charge in [0, 0.05) is 29.1 Å². The highest BCUT2D eigenvalue weighted by Gasteiger charge is 2.19. The summed E-state index contributed by atoms with van der Waals surface area (Å²) in [4.78, 5) is 20.5. The molecule has 20 heavy (non-hydrogen) atoms. The molecule has 3 rings (SSSR count). The van der Waals surface area contributed by atoms with Gasteiger partial charge in [-0.05, 0) is 30.5 Å². The predicted molar refractivity (Wildman–Crippen MR) is 78.6 cm³/mol. The van der Waals surface area contributed by atoms with Gasteiger partial charge >= 0.3 is 0 Å². The number of hydrogen-bond acceptors (Lipinski definition) is 3. The molecule has 0 unspecified atom stereocenters. The van der Waals surface area contributed by atoms with Crippen LogP contribution < -0.4 is 0 Å². The van der Waals surface area contributed by atoms with E-state index in [1.807, 2.05) is 6.07 Å². The Morgan fingerprint density at radius 3 is 2.85 bits per heavy atom. The van der Waals surface area contributed by atoms with Crippen LogP contribution in [0.4, 0.5) is 0 Å². The Labute approximate surface area is 127 Å². The van der Waals surface area contributed by atoms with Gasteiger partial charge in [-0.2, -0.15) is 0 Å². The van der Waals surface area contributed by atoms with Crippen molar-refractivity contribution in [3.63, 3.8) is 0 Å². The van der Waals surface area contributed by atoms with Crippen LogP contribution in [-0.4, -0.2) is 15.8 Å². The number of Topliss-reactive ketones (excluding diaryl/α,β-unsaturated/α-hetero) is 1. The number of halogens is 2. The summed E-state index contributed by atoms with van der Waals surface area (Å²) >= 11 is 12.0. The smallest absolute Gasteiger partial charge is 0.166 e. The third kappa shape index (κ3) is 2.69. The topological polar surface area (TPSA) is 42.9 Å². The highest BCUT2D eigenvalue weighted by Crippen LogP contribution is 2.24. The Kier molecular flexibility index (Phi) is 3.72. The normalized spacial score (nSPS) is 14.2. The number of carbonyl (C=O) groups excluding carboxylic acids is 1. The molecule has 5 heteroatoms. The SMILES string of the molecule is O=C1CCCc2nc(Cc3ccc(Cl)cc3Cl)ncc21. The molecule has 0 fully saturated rings. The molecule has 2 aromatic rings. The molecule has 0 N–H and O–H groups in total. The molecule has 0 radical (unpaired) electrons. The quantitative estimate of drug-likeness (QED) is 0.845. The molecule has 0 saturated carbocycles. The number of nitrogens with zero attached hydrogens (tertiary/aromatic N) is 2. The number of rotatable bonds is 2. The van der Waals surface area contributed by atoms with Crippen molar-refractivity contribution < 1.29 is 4.79 Å². The van der Waals surface area contributed by atoms with Crippen LogP contribution in [0.3, 0.4) is 0 Å². The van der Waals surface area contributed by atoms with E-state index < -0.39 is 0 Å². The summed E-state index contributed by atoms with van der Waals surface area (Å²) in [5, 5.41) is 1.21. The van der Waals surface area contributed by atoms with Gasteiger partial charge in [0.05, 0.1) is 11.3 Å². The maximum Gasteiger partial charge on any atom is 0.166 e. The molecule has 1 aliphatic rings. The fourth-order valence-corrected chi connectivity index (χ4v) is 2.83. The lowest BCUT2D eigenvalue weighted by Crippen LogP contribution is -2.15. The zero-order valence-electron chi connectivity index (χ0n) is 10.7. The molecule has 0 aliphatic heterocycles. The summed E-state index contributed by atoms with van der Waals surface area (Å²) in [6, 6.07) is 5.38. The first-order valence-corrected chi connectivity index (χ1v) is 7.21. The molecule has 1 heterocycles. The first-order valence-electron chi connectivity index (χ1n) is 6.45. The number of hydrogen-bond donors (Lipinski definition) is 0. The van der Waals surface area contributed by atoms with E-state index in [2.05, 4.69) is 9.97 Å². The van der Waals surface area contributed by atoms with Crippen LogP contribution in [0, 0.1) is 0 Å². The minimum atomic E-state index is 0.141. The van der Waals surface area contributed by atoms with Crippen LogP contribution in [0.2, 0.25) is 10.0 Å². The van der Waals surface area contributed by atoms with Gasteiger partial charge in [-0.25, -0.2) is 9.97 Å². The molecule has 1 aliphatic carbocycles. The van der Waals surface area contributed by atoms with Gasteiger partial charge in [0.15, 0.2) is 5.78 Å². The average molecular weight is 307 g/mol. The minimum Gasteiger partial charge on any atom is -0.294 e. The molecule has 0 bridgehead atoms. The zero-order chi connectivity index (χ0) is 14.1. The van der Waals surface area contributed by atoms with Gasteiger partial charge in [-0.1, -0.05) is 29.3 Å². The van der Waals surface area contributed by atoms with Gasteiger partial charge in [-0.15, -0.1) is 0 Å². The second-order valence-electron chi connectivity index (χ2n) is 4.84. The number of aryl methyl sites for hydroxylation is 1. The molecule has 0 amide bonds. The Morgan fingerprint density at radius 2 is 2.05 bits per heavy atom. The van der Waals surface area contributed by atoms with E-state index in [9.17, 15) is 4.79 Å². The summed E-state index contributed by atoms with van der Waals surface area (Å²) in [6.45, 7) is 0. The van der Waals surface area contributed by atoms with E-state index in [4.69, 9.17) is 23.2 Å². The van der Waals surface area contributed by atoms with E-state index in [-0.39, 0.29) is 5.78 Å². The lowest BCUT2D eigenvalue weighted by atomic mass is 9.96. The molecule has 0 saturated heterocycles. The van der Waals surface area contributed by atoms with Crippen molar-refractivity contribution in [2.24, 2.45) is 0 Å². The third-order valence-corrected chi connectivity index (χ3v) is 3.99. The number of carbonyl (C=O) groups is 1. The fourth-order valence-electron chi connectivity index (χ4n) is 2.35. The van der Waals surface area contributed by atoms with Gasteiger partial charge in [0.25, 0.3) is 0 Å². The predicted octanol–water partition coefficient (Wildman–Crippen LogP) is 3.89. The summed E-state index contributed by atoms with van der Waals surface area (Å²) in [7, 11) is 0. The van der Waals surface area contributed by atoms with Crippen molar-refractivity contribution in [3.8, 4) is 0 Å². The average Bonchev–Trinajstić information content (AvgIpc) is 2.42. The number of fused-ring (bicyclic) bond motifs is 1. The van der Waals surface area contributed by atoms with Crippen LogP contribution >= 0.6 is 23.2 Å². The van der Waals surface area contributed by atoms with Crippen molar-refractivity contribution >= 4 is 29.0 Å². The summed E-state index contributed by atoms with van der Waals surface area (Å²) in [5.41, 5.74) is 2.46. The van der Waals surface area contributed by atoms with E-state index in [1.165, 1.54) is 0 Å². The standard InChI is InChI=1S/C15H12Cl2N2O/c16-10-5-4-9(12(17)7-10)6-15-18-8-11-13(19-15)2-1-3-14(11)20/h4-5,7-8H,1-3,6H2. The van der Waals surface area contributed by atoms with Crippen LogP contribution in [0.15, 0.2) is 24.4 Å². The number of benzene rings is 1. The van der Waals surface area contributed by atoms with Gasteiger partial charge in [0.1, 0.15) is 5.82 Å². The van der Waals surface area contributed by atoms with Gasteiger partial charge < -0.3 is 0 Å². The van der Waals surface area contributed by atoms with E-state index in [1.54, 1.807) is 18.3 Å². The van der Waals surface area contributed by atoms with E-state index in [0.29, 0.717) is 34.3 Å². The minimum absolute atomic E-state index is 0.141. The fraction of sp³-hybridized carbons (Fsp3) is 0.267. The summed E-state index contributed by atoms with van der Waals surface area (Å²) in [5.74, 6) is 0.824. The Balaban J connectivity index is 1.90. The summed E-state index contributed by atoms with van der Waals surface area (Å²) < 4.78 is 0. The number of aromatic nitrogens is 2. The highest BCUT2D eigenvalue weighted by atomic mass is 35.5. The van der Waals surface area contributed by atoms with Crippen LogP contribution in [0.1, 0.15) is 40.3 Å².